The third kappa shape index (κ3) is 4.67. The van der Waals surface area contributed by atoms with Gasteiger partial charge in [-0.2, -0.15) is 26.3 Å². The monoisotopic (exact) mass is 427 g/mol. The summed E-state index contributed by atoms with van der Waals surface area (Å²) in [6.07, 6.45) is -7.31. The zero-order valence-corrected chi connectivity index (χ0v) is 14.7. The number of carboxylic acids is 1. The first-order chi connectivity index (χ1) is 13.9. The number of nitrogens with zero attached hydrogens (tertiary/aromatic N) is 3. The number of rotatable bonds is 4. The molecule has 0 fully saturated rings. The fourth-order valence-electron chi connectivity index (χ4n) is 2.50. The summed E-state index contributed by atoms with van der Waals surface area (Å²) in [5.41, 5.74) is -1.36. The molecule has 1 N–H and O–H groups in total. The van der Waals surface area contributed by atoms with Crippen molar-refractivity contribution in [2.45, 2.75) is 12.4 Å². The van der Waals surface area contributed by atoms with Crippen molar-refractivity contribution < 1.29 is 36.2 Å². The average molecular weight is 427 g/mol. The first-order valence-corrected chi connectivity index (χ1v) is 8.18. The van der Waals surface area contributed by atoms with E-state index in [1.165, 1.54) is 0 Å². The fraction of sp³-hybridized carbons (Fsp3) is 0.105. The summed E-state index contributed by atoms with van der Waals surface area (Å²) in [6.45, 7) is 0. The number of aromatic nitrogens is 3. The Morgan fingerprint density at radius 3 is 1.73 bits per heavy atom. The van der Waals surface area contributed by atoms with Crippen molar-refractivity contribution in [3.05, 3.63) is 65.7 Å². The van der Waals surface area contributed by atoms with Crippen molar-refractivity contribution in [2.24, 2.45) is 0 Å². The van der Waals surface area contributed by atoms with Gasteiger partial charge in [0, 0.05) is 23.4 Å². The largest absolute Gasteiger partial charge is 0.478 e. The van der Waals surface area contributed by atoms with Gasteiger partial charge in [-0.15, -0.1) is 5.10 Å². The Balaban J connectivity index is 2.04. The number of hydrogen-bond donors (Lipinski definition) is 1. The number of benzene rings is 2. The lowest BCUT2D eigenvalue weighted by molar-refractivity contribution is -0.138. The maximum Gasteiger partial charge on any atom is 0.416 e. The topological polar surface area (TPSA) is 68.0 Å². The van der Waals surface area contributed by atoms with Crippen LogP contribution in [0.15, 0.2) is 54.6 Å². The highest BCUT2D eigenvalue weighted by Gasteiger charge is 2.31. The van der Waals surface area contributed by atoms with Crippen molar-refractivity contribution in [2.75, 3.05) is 0 Å². The van der Waals surface area contributed by atoms with E-state index in [2.05, 4.69) is 10.1 Å². The molecule has 0 saturated heterocycles. The molecule has 0 atom stereocenters. The van der Waals surface area contributed by atoms with Crippen LogP contribution in [0, 0.1) is 0 Å². The van der Waals surface area contributed by atoms with Gasteiger partial charge in [-0.1, -0.05) is 24.3 Å². The van der Waals surface area contributed by atoms with Crippen LogP contribution in [0.1, 0.15) is 11.1 Å². The molecular formula is C19H11F6N3O2. The molecule has 0 aliphatic heterocycles. The van der Waals surface area contributed by atoms with E-state index in [0.29, 0.717) is 0 Å². The van der Waals surface area contributed by atoms with Crippen LogP contribution in [0.2, 0.25) is 0 Å². The minimum Gasteiger partial charge on any atom is -0.478 e. The van der Waals surface area contributed by atoms with Crippen molar-refractivity contribution >= 4 is 12.2 Å². The third-order valence-electron chi connectivity index (χ3n) is 3.93. The Hall–Kier alpha value is -3.63. The predicted molar refractivity (Wildman–Crippen MR) is 93.9 cm³/mol. The fourth-order valence-corrected chi connectivity index (χ4v) is 2.50. The quantitative estimate of drug-likeness (QED) is 0.459. The Morgan fingerprint density at radius 2 is 1.30 bits per heavy atom. The standard InChI is InChI=1S/C19H11F6N3O2/c20-18(21,22)13-5-1-11(2-6-13)16-26-17(28(27-16)10-9-15(29)30)12-3-7-14(8-4-12)19(23,24)25/h1-10H,(H,29,30). The maximum atomic E-state index is 12.8. The normalized spacial score (nSPS) is 12.5. The molecule has 5 nitrogen and oxygen atoms in total. The van der Waals surface area contributed by atoms with Crippen LogP contribution in [-0.4, -0.2) is 25.8 Å². The number of hydrogen-bond acceptors (Lipinski definition) is 3. The molecule has 0 bridgehead atoms. The first-order valence-electron chi connectivity index (χ1n) is 8.18. The van der Waals surface area contributed by atoms with Crippen molar-refractivity contribution in [3.8, 4) is 22.8 Å². The maximum absolute atomic E-state index is 12.8. The minimum absolute atomic E-state index is 0.0103. The van der Waals surface area contributed by atoms with Gasteiger partial charge in [0.15, 0.2) is 11.6 Å². The number of carbonyl (C=O) groups is 1. The molecule has 3 aromatic rings. The molecule has 156 valence electrons. The molecule has 0 amide bonds. The summed E-state index contributed by atoms with van der Waals surface area (Å²) < 4.78 is 77.5. The molecule has 11 heteroatoms. The summed E-state index contributed by atoms with van der Waals surface area (Å²) in [5, 5.41) is 12.9. The second-order valence-electron chi connectivity index (χ2n) is 6.01. The van der Waals surface area contributed by atoms with Crippen LogP contribution >= 0.6 is 0 Å². The number of aliphatic carboxylic acids is 1. The van der Waals surface area contributed by atoms with Gasteiger partial charge in [-0.25, -0.2) is 14.5 Å². The molecule has 2 aromatic carbocycles. The Bertz CT molecular complexity index is 1080. The molecule has 0 aliphatic rings. The highest BCUT2D eigenvalue weighted by molar-refractivity contribution is 5.83. The van der Waals surface area contributed by atoms with Gasteiger partial charge in [-0.3, -0.25) is 0 Å². The number of alkyl halides is 6. The Morgan fingerprint density at radius 1 is 0.833 bits per heavy atom. The van der Waals surface area contributed by atoms with Crippen LogP contribution in [0.25, 0.3) is 29.0 Å². The Labute approximate surface area is 164 Å². The third-order valence-corrected chi connectivity index (χ3v) is 3.93. The van der Waals surface area contributed by atoms with E-state index in [0.717, 1.165) is 65.5 Å². The van der Waals surface area contributed by atoms with Gasteiger partial charge >= 0.3 is 18.3 Å². The molecule has 0 radical (unpaired) electrons. The van der Waals surface area contributed by atoms with E-state index in [9.17, 15) is 31.1 Å². The van der Waals surface area contributed by atoms with Gasteiger partial charge in [0.1, 0.15) is 0 Å². The summed E-state index contributed by atoms with van der Waals surface area (Å²) in [5.74, 6) is -1.33. The smallest absolute Gasteiger partial charge is 0.416 e. The van der Waals surface area contributed by atoms with E-state index in [-0.39, 0.29) is 22.8 Å². The lowest BCUT2D eigenvalue weighted by Gasteiger charge is -2.07. The summed E-state index contributed by atoms with van der Waals surface area (Å²) >= 11 is 0. The summed E-state index contributed by atoms with van der Waals surface area (Å²) in [6, 6.07) is 7.87. The molecular weight excluding hydrogens is 416 g/mol. The van der Waals surface area contributed by atoms with E-state index in [1.54, 1.807) is 0 Å². The molecule has 1 heterocycles. The highest BCUT2D eigenvalue weighted by Crippen LogP contribution is 2.32. The van der Waals surface area contributed by atoms with Crippen molar-refractivity contribution in [1.29, 1.82) is 0 Å². The molecule has 0 spiro atoms. The molecule has 0 saturated carbocycles. The second-order valence-corrected chi connectivity index (χ2v) is 6.01. The zero-order valence-electron chi connectivity index (χ0n) is 14.7. The van der Waals surface area contributed by atoms with Gasteiger partial charge in [0.25, 0.3) is 0 Å². The van der Waals surface area contributed by atoms with Crippen LogP contribution in [0.4, 0.5) is 26.3 Å². The Kier molecular flexibility index (Phi) is 5.38. The van der Waals surface area contributed by atoms with Crippen molar-refractivity contribution in [3.63, 3.8) is 0 Å². The second kappa shape index (κ2) is 7.65. The highest BCUT2D eigenvalue weighted by atomic mass is 19.4. The molecule has 0 unspecified atom stereocenters. The van der Waals surface area contributed by atoms with Gasteiger partial charge in [0.2, 0.25) is 0 Å². The average Bonchev–Trinajstić information content (AvgIpc) is 3.09. The number of carboxylic acid groups (broad SMARTS) is 1. The van der Waals surface area contributed by atoms with E-state index >= 15 is 0 Å². The van der Waals surface area contributed by atoms with Crippen LogP contribution in [0.3, 0.4) is 0 Å². The van der Waals surface area contributed by atoms with E-state index in [4.69, 9.17) is 5.11 Å². The van der Waals surface area contributed by atoms with Gasteiger partial charge in [0.05, 0.1) is 11.1 Å². The van der Waals surface area contributed by atoms with Crippen LogP contribution in [0.5, 0.6) is 0 Å². The van der Waals surface area contributed by atoms with E-state index in [1.807, 2.05) is 0 Å². The zero-order chi connectivity index (χ0) is 22.1. The van der Waals surface area contributed by atoms with Crippen molar-refractivity contribution in [1.82, 2.24) is 14.8 Å². The number of halogens is 6. The van der Waals surface area contributed by atoms with Gasteiger partial charge in [-0.05, 0) is 24.3 Å². The first kappa shape index (κ1) is 21.1. The molecule has 3 rings (SSSR count). The van der Waals surface area contributed by atoms with Crippen LogP contribution in [-0.2, 0) is 17.1 Å². The molecule has 1 aromatic heterocycles. The minimum atomic E-state index is -4.54. The summed E-state index contributed by atoms with van der Waals surface area (Å²) in [4.78, 5) is 15.0. The lowest BCUT2D eigenvalue weighted by Crippen LogP contribution is -2.04. The van der Waals surface area contributed by atoms with Gasteiger partial charge < -0.3 is 5.11 Å². The van der Waals surface area contributed by atoms with Crippen LogP contribution < -0.4 is 0 Å². The molecule has 0 aliphatic carbocycles. The SMILES string of the molecule is O=C(O)C=Cn1nc(-c2ccc(C(F)(F)F)cc2)nc1-c1ccc(C(F)(F)F)cc1. The van der Waals surface area contributed by atoms with E-state index < -0.39 is 29.4 Å². The molecule has 30 heavy (non-hydrogen) atoms. The lowest BCUT2D eigenvalue weighted by atomic mass is 10.1. The predicted octanol–water partition coefficient (Wildman–Crippen LogP) is 5.21. The summed E-state index contributed by atoms with van der Waals surface area (Å²) in [7, 11) is 0.